The molecule has 2 heterocycles. The number of nitrogens with zero attached hydrogens (tertiary/aromatic N) is 3. The highest BCUT2D eigenvalue weighted by Gasteiger charge is 2.22. The molecule has 0 atom stereocenters. The van der Waals surface area contributed by atoms with Gasteiger partial charge in [0, 0.05) is 31.8 Å². The number of nitro groups is 1. The second-order valence-corrected chi connectivity index (χ2v) is 4.04. The van der Waals surface area contributed by atoms with Crippen molar-refractivity contribution in [1.82, 2.24) is 10.3 Å². The van der Waals surface area contributed by atoms with Crippen LogP contribution in [0.3, 0.4) is 0 Å². The van der Waals surface area contributed by atoms with E-state index in [-0.39, 0.29) is 5.69 Å². The van der Waals surface area contributed by atoms with E-state index in [1.165, 1.54) is 19.2 Å². The largest absolute Gasteiger partial charge is 0.481 e. The number of nitrogens with one attached hydrogen (secondary N) is 1. The second-order valence-electron chi connectivity index (χ2n) is 4.04. The second kappa shape index (κ2) is 5.63. The first kappa shape index (κ1) is 12.6. The predicted molar refractivity (Wildman–Crippen MR) is 67.1 cm³/mol. The van der Waals surface area contributed by atoms with Crippen molar-refractivity contribution in [3.8, 4) is 5.88 Å². The minimum Gasteiger partial charge on any atom is -0.481 e. The maximum absolute atomic E-state index is 11.0. The van der Waals surface area contributed by atoms with Crippen LogP contribution in [0.2, 0.25) is 0 Å². The molecule has 1 aliphatic rings. The lowest BCUT2D eigenvalue weighted by atomic mass is 10.3. The van der Waals surface area contributed by atoms with Crippen LogP contribution in [-0.2, 0) is 0 Å². The summed E-state index contributed by atoms with van der Waals surface area (Å²) in [7, 11) is 1.50. The Kier molecular flexibility index (Phi) is 3.93. The maximum atomic E-state index is 11.0. The Morgan fingerprint density at radius 3 is 3.00 bits per heavy atom. The van der Waals surface area contributed by atoms with Crippen LogP contribution in [0.25, 0.3) is 0 Å². The number of hydrogen-bond donors (Lipinski definition) is 1. The molecule has 0 bridgehead atoms. The van der Waals surface area contributed by atoms with Crippen molar-refractivity contribution >= 4 is 11.5 Å². The van der Waals surface area contributed by atoms with Crippen LogP contribution in [0, 0.1) is 10.1 Å². The lowest BCUT2D eigenvalue weighted by molar-refractivity contribution is -0.384. The Morgan fingerprint density at radius 2 is 2.28 bits per heavy atom. The Bertz CT molecular complexity index is 430. The average molecular weight is 252 g/mol. The minimum atomic E-state index is -0.403. The van der Waals surface area contributed by atoms with Gasteiger partial charge in [-0.25, -0.2) is 0 Å². The third-order valence-electron chi connectivity index (χ3n) is 2.87. The van der Waals surface area contributed by atoms with E-state index in [0.29, 0.717) is 18.2 Å². The lowest BCUT2D eigenvalue weighted by Crippen LogP contribution is -2.29. The smallest absolute Gasteiger partial charge is 0.311 e. The molecule has 7 heteroatoms. The van der Waals surface area contributed by atoms with Gasteiger partial charge in [-0.2, -0.15) is 4.98 Å². The molecule has 1 aromatic heterocycles. The fourth-order valence-corrected chi connectivity index (χ4v) is 1.97. The highest BCUT2D eigenvalue weighted by atomic mass is 16.6. The summed E-state index contributed by atoms with van der Waals surface area (Å²) in [4.78, 5) is 16.8. The summed E-state index contributed by atoms with van der Waals surface area (Å²) < 4.78 is 5.04. The molecule has 0 aromatic carbocycles. The first-order chi connectivity index (χ1) is 8.72. The van der Waals surface area contributed by atoms with Gasteiger partial charge >= 0.3 is 5.69 Å². The number of hydrogen-bond acceptors (Lipinski definition) is 6. The Labute approximate surface area is 105 Å². The van der Waals surface area contributed by atoms with E-state index in [4.69, 9.17) is 4.74 Å². The van der Waals surface area contributed by atoms with E-state index in [9.17, 15) is 10.1 Å². The summed E-state index contributed by atoms with van der Waals surface area (Å²) in [5, 5.41) is 14.3. The normalized spacial score (nSPS) is 16.2. The molecule has 0 spiro atoms. The van der Waals surface area contributed by atoms with E-state index >= 15 is 0 Å². The first-order valence-electron chi connectivity index (χ1n) is 5.87. The van der Waals surface area contributed by atoms with Crippen molar-refractivity contribution in [3.05, 3.63) is 22.2 Å². The summed E-state index contributed by atoms with van der Waals surface area (Å²) in [6.45, 7) is 3.19. The average Bonchev–Trinajstić information content (AvgIpc) is 2.66. The zero-order valence-corrected chi connectivity index (χ0v) is 10.3. The molecular formula is C11H16N4O3. The van der Waals surface area contributed by atoms with Gasteiger partial charge in [-0.05, 0) is 13.0 Å². The van der Waals surface area contributed by atoms with Gasteiger partial charge in [0.2, 0.25) is 11.7 Å². The summed E-state index contributed by atoms with van der Waals surface area (Å²) in [5.41, 5.74) is 0.0256. The van der Waals surface area contributed by atoms with Crippen LogP contribution in [0.1, 0.15) is 6.42 Å². The van der Waals surface area contributed by atoms with Gasteiger partial charge in [0.1, 0.15) is 0 Å². The van der Waals surface area contributed by atoms with Crippen molar-refractivity contribution < 1.29 is 9.66 Å². The van der Waals surface area contributed by atoms with Crippen molar-refractivity contribution in [1.29, 1.82) is 0 Å². The van der Waals surface area contributed by atoms with Crippen LogP contribution in [0.15, 0.2) is 12.1 Å². The van der Waals surface area contributed by atoms with E-state index in [0.717, 1.165) is 26.1 Å². The predicted octanol–water partition coefficient (Wildman–Crippen LogP) is 0.798. The number of ether oxygens (including phenoxy) is 1. The number of rotatable bonds is 3. The molecule has 0 saturated carbocycles. The fraction of sp³-hybridized carbons (Fsp3) is 0.545. The highest BCUT2D eigenvalue weighted by molar-refractivity contribution is 5.59. The molecular weight excluding hydrogens is 236 g/mol. The van der Waals surface area contributed by atoms with Crippen molar-refractivity contribution in [3.63, 3.8) is 0 Å². The molecule has 18 heavy (non-hydrogen) atoms. The van der Waals surface area contributed by atoms with Crippen LogP contribution in [0.4, 0.5) is 11.5 Å². The molecule has 2 rings (SSSR count). The van der Waals surface area contributed by atoms with E-state index in [1.54, 1.807) is 0 Å². The zero-order chi connectivity index (χ0) is 13.0. The van der Waals surface area contributed by atoms with Crippen LogP contribution < -0.4 is 15.0 Å². The van der Waals surface area contributed by atoms with Gasteiger partial charge in [0.15, 0.2) is 0 Å². The molecule has 0 radical (unpaired) electrons. The third kappa shape index (κ3) is 2.67. The standard InChI is InChI=1S/C11H16N4O3/c1-18-10-4-3-9(15(16)17)11(13-10)14-7-2-5-12-6-8-14/h3-4,12H,2,5-8H2,1H3. The topological polar surface area (TPSA) is 80.5 Å². The van der Waals surface area contributed by atoms with E-state index < -0.39 is 4.92 Å². The quantitative estimate of drug-likeness (QED) is 0.633. The fourth-order valence-electron chi connectivity index (χ4n) is 1.97. The Morgan fingerprint density at radius 1 is 1.44 bits per heavy atom. The number of pyridine rings is 1. The molecule has 1 N–H and O–H groups in total. The van der Waals surface area contributed by atoms with E-state index in [2.05, 4.69) is 10.3 Å². The Balaban J connectivity index is 2.35. The number of anilines is 1. The molecule has 98 valence electrons. The van der Waals surface area contributed by atoms with Gasteiger partial charge in [-0.3, -0.25) is 10.1 Å². The van der Waals surface area contributed by atoms with Crippen molar-refractivity contribution in [2.24, 2.45) is 0 Å². The SMILES string of the molecule is COc1ccc([N+](=O)[O-])c(N2CCCNCC2)n1. The third-order valence-corrected chi connectivity index (χ3v) is 2.87. The van der Waals surface area contributed by atoms with Gasteiger partial charge in [0.05, 0.1) is 12.0 Å². The van der Waals surface area contributed by atoms with Gasteiger partial charge < -0.3 is 15.0 Å². The highest BCUT2D eigenvalue weighted by Crippen LogP contribution is 2.28. The summed E-state index contributed by atoms with van der Waals surface area (Å²) in [6, 6.07) is 2.96. The molecule has 1 aromatic rings. The van der Waals surface area contributed by atoms with E-state index in [1.807, 2.05) is 4.90 Å². The van der Waals surface area contributed by atoms with Crippen LogP contribution in [0.5, 0.6) is 5.88 Å². The monoisotopic (exact) mass is 252 g/mol. The first-order valence-corrected chi connectivity index (χ1v) is 5.87. The van der Waals surface area contributed by atoms with Gasteiger partial charge in [-0.15, -0.1) is 0 Å². The van der Waals surface area contributed by atoms with Crippen molar-refractivity contribution in [2.45, 2.75) is 6.42 Å². The summed E-state index contributed by atoms with van der Waals surface area (Å²) in [5.74, 6) is 0.788. The molecule has 0 unspecified atom stereocenters. The van der Waals surface area contributed by atoms with Crippen LogP contribution in [-0.4, -0.2) is 43.2 Å². The number of methoxy groups -OCH3 is 1. The summed E-state index contributed by atoms with van der Waals surface area (Å²) >= 11 is 0. The molecule has 7 nitrogen and oxygen atoms in total. The molecule has 1 aliphatic heterocycles. The van der Waals surface area contributed by atoms with Crippen molar-refractivity contribution in [2.75, 3.05) is 38.2 Å². The minimum absolute atomic E-state index is 0.0256. The molecule has 0 aliphatic carbocycles. The lowest BCUT2D eigenvalue weighted by Gasteiger charge is -2.20. The summed E-state index contributed by atoms with van der Waals surface area (Å²) in [6.07, 6.45) is 0.941. The zero-order valence-electron chi connectivity index (χ0n) is 10.3. The van der Waals surface area contributed by atoms with Gasteiger partial charge in [-0.1, -0.05) is 0 Å². The molecule has 1 saturated heterocycles. The maximum Gasteiger partial charge on any atom is 0.311 e. The Hall–Kier alpha value is -1.89. The molecule has 0 amide bonds. The number of aromatic nitrogens is 1. The van der Waals surface area contributed by atoms with Crippen LogP contribution >= 0.6 is 0 Å². The van der Waals surface area contributed by atoms with Gasteiger partial charge in [0.25, 0.3) is 0 Å². The molecule has 1 fully saturated rings.